The summed E-state index contributed by atoms with van der Waals surface area (Å²) in [7, 11) is 0. The summed E-state index contributed by atoms with van der Waals surface area (Å²) in [4.78, 5) is 13.1. The van der Waals surface area contributed by atoms with Crippen LogP contribution in [0.3, 0.4) is 0 Å². The van der Waals surface area contributed by atoms with E-state index < -0.39 is 0 Å². The molecule has 1 aliphatic carbocycles. The minimum absolute atomic E-state index is 0.305. The highest BCUT2D eigenvalue weighted by Crippen LogP contribution is 2.33. The van der Waals surface area contributed by atoms with Crippen LogP contribution in [0.2, 0.25) is 0 Å². The van der Waals surface area contributed by atoms with E-state index in [2.05, 4.69) is 23.6 Å². The number of rotatable bonds is 1. The molecule has 0 atom stereocenters. The van der Waals surface area contributed by atoms with Crippen LogP contribution >= 0.6 is 11.3 Å². The standard InChI is InChI=1S/C14H12OS/c15-13-7-2-4-10-11(13)5-1-6-12(10)14-8-3-9-16-14/h1,3,5-6,8-9H,2,4,7H2. The number of ketones is 1. The molecule has 1 aromatic heterocycles. The van der Waals surface area contributed by atoms with Crippen LogP contribution in [0.5, 0.6) is 0 Å². The van der Waals surface area contributed by atoms with Crippen LogP contribution in [-0.2, 0) is 6.42 Å². The lowest BCUT2D eigenvalue weighted by atomic mass is 9.87. The first kappa shape index (κ1) is 9.79. The van der Waals surface area contributed by atoms with Gasteiger partial charge >= 0.3 is 0 Å². The Morgan fingerprint density at radius 2 is 1.88 bits per heavy atom. The lowest BCUT2D eigenvalue weighted by Gasteiger charge is -2.17. The van der Waals surface area contributed by atoms with Gasteiger partial charge in [-0.3, -0.25) is 4.79 Å². The first-order chi connectivity index (χ1) is 7.86. The molecule has 0 saturated heterocycles. The van der Waals surface area contributed by atoms with E-state index in [9.17, 15) is 4.79 Å². The Labute approximate surface area is 98.7 Å². The number of hydrogen-bond acceptors (Lipinski definition) is 2. The SMILES string of the molecule is O=C1CCCc2c1cccc2-c1cccs1. The van der Waals surface area contributed by atoms with Gasteiger partial charge in [-0.15, -0.1) is 11.3 Å². The maximum Gasteiger partial charge on any atom is 0.163 e. The first-order valence-electron chi connectivity index (χ1n) is 5.55. The predicted octanol–water partition coefficient (Wildman–Crippen LogP) is 3.93. The molecule has 0 N–H and O–H groups in total. The van der Waals surface area contributed by atoms with E-state index in [1.54, 1.807) is 11.3 Å². The van der Waals surface area contributed by atoms with Gasteiger partial charge < -0.3 is 0 Å². The van der Waals surface area contributed by atoms with E-state index in [-0.39, 0.29) is 0 Å². The van der Waals surface area contributed by atoms with E-state index >= 15 is 0 Å². The van der Waals surface area contributed by atoms with Crippen molar-refractivity contribution in [3.8, 4) is 10.4 Å². The molecule has 2 aromatic rings. The summed E-state index contributed by atoms with van der Waals surface area (Å²) in [6.45, 7) is 0. The molecule has 1 heterocycles. The summed E-state index contributed by atoms with van der Waals surface area (Å²) in [5, 5.41) is 2.08. The van der Waals surface area contributed by atoms with Gasteiger partial charge in [0.1, 0.15) is 0 Å². The van der Waals surface area contributed by atoms with Crippen LogP contribution in [0.1, 0.15) is 28.8 Å². The van der Waals surface area contributed by atoms with Gasteiger partial charge in [0, 0.05) is 16.9 Å². The number of fused-ring (bicyclic) bond motifs is 1. The largest absolute Gasteiger partial charge is 0.294 e. The molecule has 3 rings (SSSR count). The molecule has 80 valence electrons. The monoisotopic (exact) mass is 228 g/mol. The maximum absolute atomic E-state index is 11.8. The topological polar surface area (TPSA) is 17.1 Å². The van der Waals surface area contributed by atoms with Gasteiger partial charge in [0.15, 0.2) is 5.78 Å². The van der Waals surface area contributed by atoms with Crippen molar-refractivity contribution in [1.29, 1.82) is 0 Å². The highest BCUT2D eigenvalue weighted by molar-refractivity contribution is 7.13. The van der Waals surface area contributed by atoms with Crippen molar-refractivity contribution in [2.24, 2.45) is 0 Å². The zero-order valence-corrected chi connectivity index (χ0v) is 9.72. The van der Waals surface area contributed by atoms with Crippen LogP contribution in [0.15, 0.2) is 35.7 Å². The predicted molar refractivity (Wildman–Crippen MR) is 67.0 cm³/mol. The molecule has 1 nitrogen and oxygen atoms in total. The summed E-state index contributed by atoms with van der Waals surface area (Å²) < 4.78 is 0. The number of benzene rings is 1. The minimum Gasteiger partial charge on any atom is -0.294 e. The van der Waals surface area contributed by atoms with Crippen LogP contribution in [0.4, 0.5) is 0 Å². The smallest absolute Gasteiger partial charge is 0.163 e. The molecule has 1 aromatic carbocycles. The molecule has 0 fully saturated rings. The Hall–Kier alpha value is -1.41. The molecule has 0 amide bonds. The van der Waals surface area contributed by atoms with Crippen LogP contribution in [0.25, 0.3) is 10.4 Å². The van der Waals surface area contributed by atoms with E-state index in [1.165, 1.54) is 16.0 Å². The molecule has 16 heavy (non-hydrogen) atoms. The molecule has 2 heteroatoms. The highest BCUT2D eigenvalue weighted by atomic mass is 32.1. The number of carbonyl (C=O) groups is 1. The second-order valence-corrected chi connectivity index (χ2v) is 5.03. The molecule has 0 radical (unpaired) electrons. The molecule has 0 bridgehead atoms. The quantitative estimate of drug-likeness (QED) is 0.722. The zero-order chi connectivity index (χ0) is 11.0. The number of carbonyl (C=O) groups excluding carboxylic acids is 1. The third kappa shape index (κ3) is 1.50. The van der Waals surface area contributed by atoms with Crippen molar-refractivity contribution >= 4 is 17.1 Å². The van der Waals surface area contributed by atoms with Crippen molar-refractivity contribution in [3.05, 3.63) is 46.8 Å². The summed E-state index contributed by atoms with van der Waals surface area (Å²) in [6.07, 6.45) is 2.74. The Bertz CT molecular complexity index is 526. The molecular formula is C14H12OS. The molecule has 1 aliphatic rings. The van der Waals surface area contributed by atoms with Gasteiger partial charge in [-0.05, 0) is 35.4 Å². The Balaban J connectivity index is 2.20. The van der Waals surface area contributed by atoms with Crippen molar-refractivity contribution in [2.75, 3.05) is 0 Å². The molecule has 0 aliphatic heterocycles. The second kappa shape index (κ2) is 3.87. The number of thiophene rings is 1. The number of Topliss-reactive ketones (excluding diaryl/α,β-unsaturated/α-hetero) is 1. The summed E-state index contributed by atoms with van der Waals surface area (Å²) in [5.74, 6) is 0.305. The lowest BCUT2D eigenvalue weighted by Crippen LogP contribution is -2.11. The van der Waals surface area contributed by atoms with Gasteiger partial charge in [0.05, 0.1) is 0 Å². The van der Waals surface area contributed by atoms with E-state index in [1.807, 2.05) is 12.1 Å². The van der Waals surface area contributed by atoms with E-state index in [4.69, 9.17) is 0 Å². The van der Waals surface area contributed by atoms with Crippen molar-refractivity contribution in [2.45, 2.75) is 19.3 Å². The van der Waals surface area contributed by atoms with Crippen LogP contribution in [-0.4, -0.2) is 5.78 Å². The van der Waals surface area contributed by atoms with Crippen molar-refractivity contribution in [3.63, 3.8) is 0 Å². The Morgan fingerprint density at radius 1 is 1.00 bits per heavy atom. The third-order valence-corrected chi connectivity index (χ3v) is 4.00. The van der Waals surface area contributed by atoms with Crippen LogP contribution in [0, 0.1) is 0 Å². The second-order valence-electron chi connectivity index (χ2n) is 4.09. The third-order valence-electron chi connectivity index (χ3n) is 3.09. The van der Waals surface area contributed by atoms with E-state index in [0.717, 1.165) is 18.4 Å². The fourth-order valence-electron chi connectivity index (χ4n) is 2.34. The normalized spacial score (nSPS) is 14.9. The van der Waals surface area contributed by atoms with Gasteiger partial charge in [-0.25, -0.2) is 0 Å². The van der Waals surface area contributed by atoms with Gasteiger partial charge in [-0.1, -0.05) is 24.3 Å². The zero-order valence-electron chi connectivity index (χ0n) is 8.90. The fourth-order valence-corrected chi connectivity index (χ4v) is 3.12. The minimum atomic E-state index is 0.305. The van der Waals surface area contributed by atoms with Crippen molar-refractivity contribution < 1.29 is 4.79 Å². The van der Waals surface area contributed by atoms with E-state index in [0.29, 0.717) is 12.2 Å². The summed E-state index contributed by atoms with van der Waals surface area (Å²) in [6, 6.07) is 10.3. The number of hydrogen-bond donors (Lipinski definition) is 0. The Morgan fingerprint density at radius 3 is 2.69 bits per heavy atom. The average molecular weight is 228 g/mol. The van der Waals surface area contributed by atoms with Gasteiger partial charge in [0.25, 0.3) is 0 Å². The maximum atomic E-state index is 11.8. The molecule has 0 spiro atoms. The fraction of sp³-hybridized carbons (Fsp3) is 0.214. The lowest BCUT2D eigenvalue weighted by molar-refractivity contribution is 0.0972. The average Bonchev–Trinajstić information content (AvgIpc) is 2.82. The summed E-state index contributed by atoms with van der Waals surface area (Å²) >= 11 is 1.74. The van der Waals surface area contributed by atoms with Gasteiger partial charge in [0.2, 0.25) is 0 Å². The van der Waals surface area contributed by atoms with Gasteiger partial charge in [-0.2, -0.15) is 0 Å². The van der Waals surface area contributed by atoms with Crippen molar-refractivity contribution in [1.82, 2.24) is 0 Å². The first-order valence-corrected chi connectivity index (χ1v) is 6.43. The van der Waals surface area contributed by atoms with Crippen LogP contribution < -0.4 is 0 Å². The molecule has 0 unspecified atom stereocenters. The molecule has 0 saturated carbocycles. The summed E-state index contributed by atoms with van der Waals surface area (Å²) in [5.41, 5.74) is 3.44. The Kier molecular flexibility index (Phi) is 2.37. The molecular weight excluding hydrogens is 216 g/mol. The highest BCUT2D eigenvalue weighted by Gasteiger charge is 2.19.